The largest absolute Gasteiger partial charge is 0.494 e. The number of nitrogens with one attached hydrogen (secondary N) is 1. The van der Waals surface area contributed by atoms with Gasteiger partial charge in [0.25, 0.3) is 0 Å². The van der Waals surface area contributed by atoms with Gasteiger partial charge in [0.1, 0.15) is 11.8 Å². The molecule has 0 unspecified atom stereocenters. The average molecular weight is 383 g/mol. The summed E-state index contributed by atoms with van der Waals surface area (Å²) < 4.78 is 5.67. The molecule has 5 nitrogen and oxygen atoms in total. The van der Waals surface area contributed by atoms with Crippen molar-refractivity contribution in [1.29, 1.82) is 0 Å². The molecule has 2 amide bonds. The molecule has 2 rings (SSSR count). The Morgan fingerprint density at radius 3 is 2.43 bits per heavy atom. The summed E-state index contributed by atoms with van der Waals surface area (Å²) in [6.45, 7) is 7.09. The summed E-state index contributed by atoms with van der Waals surface area (Å²) in [6, 6.07) is 17.0. The summed E-state index contributed by atoms with van der Waals surface area (Å²) in [6.07, 6.45) is 0.933. The minimum absolute atomic E-state index is 0.0429. The molecule has 0 saturated heterocycles. The van der Waals surface area contributed by atoms with Gasteiger partial charge in [-0.15, -0.1) is 0 Å². The van der Waals surface area contributed by atoms with Crippen molar-refractivity contribution in [3.8, 4) is 5.75 Å². The van der Waals surface area contributed by atoms with E-state index in [1.165, 1.54) is 0 Å². The van der Waals surface area contributed by atoms with Gasteiger partial charge in [-0.1, -0.05) is 42.5 Å². The molecule has 2 aromatic rings. The summed E-state index contributed by atoms with van der Waals surface area (Å²) in [4.78, 5) is 26.9. The second kappa shape index (κ2) is 11.1. The Morgan fingerprint density at radius 2 is 1.75 bits per heavy atom. The minimum Gasteiger partial charge on any atom is -0.494 e. The van der Waals surface area contributed by atoms with Crippen LogP contribution in [0, 0.1) is 6.92 Å². The molecule has 1 atom stereocenters. The van der Waals surface area contributed by atoms with Gasteiger partial charge in [-0.2, -0.15) is 0 Å². The second-order valence-electron chi connectivity index (χ2n) is 6.78. The highest BCUT2D eigenvalue weighted by atomic mass is 16.5. The second-order valence-corrected chi connectivity index (χ2v) is 6.78. The molecule has 1 N–H and O–H groups in total. The number of rotatable bonds is 10. The molecule has 0 aromatic heterocycles. The lowest BCUT2D eigenvalue weighted by Gasteiger charge is -2.29. The molecular formula is C23H30N2O3. The zero-order valence-corrected chi connectivity index (χ0v) is 17.0. The Labute approximate surface area is 167 Å². The van der Waals surface area contributed by atoms with E-state index in [1.807, 2.05) is 68.4 Å². The Hall–Kier alpha value is -2.82. The van der Waals surface area contributed by atoms with E-state index in [9.17, 15) is 9.59 Å². The quantitative estimate of drug-likeness (QED) is 0.637. The maximum absolute atomic E-state index is 12.9. The fraction of sp³-hybridized carbons (Fsp3) is 0.391. The van der Waals surface area contributed by atoms with E-state index in [0.29, 0.717) is 32.5 Å². The third-order valence-corrected chi connectivity index (χ3v) is 4.67. The number of aryl methyl sites for hydroxylation is 1. The van der Waals surface area contributed by atoms with Gasteiger partial charge in [-0.05, 0) is 50.5 Å². The van der Waals surface area contributed by atoms with Gasteiger partial charge in [-0.3, -0.25) is 9.59 Å². The van der Waals surface area contributed by atoms with Crippen LogP contribution in [0.3, 0.4) is 0 Å². The number of ether oxygens (including phenoxy) is 1. The summed E-state index contributed by atoms with van der Waals surface area (Å²) >= 11 is 0. The molecule has 0 aliphatic rings. The van der Waals surface area contributed by atoms with E-state index in [0.717, 1.165) is 16.9 Å². The van der Waals surface area contributed by atoms with E-state index in [2.05, 4.69) is 5.32 Å². The van der Waals surface area contributed by atoms with Crippen LogP contribution in [0.25, 0.3) is 0 Å². The molecule has 0 aliphatic carbocycles. The van der Waals surface area contributed by atoms with Crippen LogP contribution in [0.2, 0.25) is 0 Å². The molecule has 150 valence electrons. The van der Waals surface area contributed by atoms with Gasteiger partial charge in [-0.25, -0.2) is 0 Å². The number of hydrogen-bond acceptors (Lipinski definition) is 3. The van der Waals surface area contributed by atoms with Crippen molar-refractivity contribution in [2.45, 2.75) is 46.2 Å². The fourth-order valence-electron chi connectivity index (χ4n) is 2.95. The number of benzene rings is 2. The number of nitrogens with zero attached hydrogens (tertiary/aromatic N) is 1. The first kappa shape index (κ1) is 21.5. The van der Waals surface area contributed by atoms with Crippen molar-refractivity contribution in [2.24, 2.45) is 0 Å². The van der Waals surface area contributed by atoms with Gasteiger partial charge in [0.15, 0.2) is 0 Å². The third kappa shape index (κ3) is 6.41. The molecule has 0 fully saturated rings. The Bertz CT molecular complexity index is 761. The number of para-hydroxylation sites is 1. The number of amides is 2. The van der Waals surface area contributed by atoms with Crippen molar-refractivity contribution < 1.29 is 14.3 Å². The van der Waals surface area contributed by atoms with Crippen LogP contribution in [0.1, 0.15) is 37.8 Å². The zero-order valence-electron chi connectivity index (χ0n) is 17.0. The molecule has 0 saturated carbocycles. The minimum atomic E-state index is -0.526. The van der Waals surface area contributed by atoms with Gasteiger partial charge in [0.2, 0.25) is 11.8 Å². The number of likely N-dealkylation sites (N-methyl/N-ethyl adjacent to an activating group) is 1. The van der Waals surface area contributed by atoms with Gasteiger partial charge in [0.05, 0.1) is 6.61 Å². The Morgan fingerprint density at radius 1 is 1.07 bits per heavy atom. The molecule has 5 heteroatoms. The van der Waals surface area contributed by atoms with Crippen molar-refractivity contribution in [2.75, 3.05) is 13.2 Å². The van der Waals surface area contributed by atoms with Crippen LogP contribution in [0.4, 0.5) is 0 Å². The lowest BCUT2D eigenvalue weighted by molar-refractivity contribution is -0.140. The summed E-state index contributed by atoms with van der Waals surface area (Å²) in [5, 5.41) is 2.81. The van der Waals surface area contributed by atoms with Crippen LogP contribution in [0.15, 0.2) is 54.6 Å². The maximum atomic E-state index is 12.9. The van der Waals surface area contributed by atoms with Crippen LogP contribution in [-0.2, 0) is 16.1 Å². The summed E-state index contributed by atoms with van der Waals surface area (Å²) in [5.41, 5.74) is 2.16. The smallest absolute Gasteiger partial charge is 0.242 e. The normalized spacial score (nSPS) is 11.5. The summed E-state index contributed by atoms with van der Waals surface area (Å²) in [7, 11) is 0. The highest BCUT2D eigenvalue weighted by Gasteiger charge is 2.25. The van der Waals surface area contributed by atoms with Crippen molar-refractivity contribution >= 4 is 11.8 Å². The van der Waals surface area contributed by atoms with Gasteiger partial charge < -0.3 is 15.0 Å². The topological polar surface area (TPSA) is 58.6 Å². The van der Waals surface area contributed by atoms with E-state index in [-0.39, 0.29) is 11.8 Å². The van der Waals surface area contributed by atoms with Gasteiger partial charge in [0, 0.05) is 19.5 Å². The standard InChI is InChI=1S/C23H30N2O3/c1-4-24-23(27)19(3)25(17-20-12-9-8-11-18(20)2)22(26)15-10-16-28-21-13-6-5-7-14-21/h5-9,11-14,19H,4,10,15-17H2,1-3H3,(H,24,27)/t19-/m0/s1. The molecule has 0 aliphatic heterocycles. The summed E-state index contributed by atoms with van der Waals surface area (Å²) in [5.74, 6) is 0.617. The Balaban J connectivity index is 1.99. The van der Waals surface area contributed by atoms with Crippen LogP contribution < -0.4 is 10.1 Å². The highest BCUT2D eigenvalue weighted by Crippen LogP contribution is 2.15. The first-order valence-electron chi connectivity index (χ1n) is 9.82. The average Bonchev–Trinajstić information content (AvgIpc) is 2.71. The van der Waals surface area contributed by atoms with Crippen LogP contribution in [0.5, 0.6) is 5.75 Å². The van der Waals surface area contributed by atoms with Crippen molar-refractivity contribution in [3.05, 3.63) is 65.7 Å². The van der Waals surface area contributed by atoms with Crippen LogP contribution in [-0.4, -0.2) is 35.9 Å². The lowest BCUT2D eigenvalue weighted by atomic mass is 10.1. The molecule has 0 radical (unpaired) electrons. The molecule has 0 bridgehead atoms. The van der Waals surface area contributed by atoms with Crippen LogP contribution >= 0.6 is 0 Å². The molecule has 28 heavy (non-hydrogen) atoms. The highest BCUT2D eigenvalue weighted by molar-refractivity contribution is 5.87. The zero-order chi connectivity index (χ0) is 20.4. The molecule has 0 spiro atoms. The molecule has 0 heterocycles. The SMILES string of the molecule is CCNC(=O)[C@H](C)N(Cc1ccccc1C)C(=O)CCCOc1ccccc1. The fourth-order valence-corrected chi connectivity index (χ4v) is 2.95. The maximum Gasteiger partial charge on any atom is 0.242 e. The van der Waals surface area contributed by atoms with E-state index < -0.39 is 6.04 Å². The number of hydrogen-bond donors (Lipinski definition) is 1. The van der Waals surface area contributed by atoms with Crippen molar-refractivity contribution in [3.63, 3.8) is 0 Å². The van der Waals surface area contributed by atoms with Gasteiger partial charge >= 0.3 is 0 Å². The molecule has 2 aromatic carbocycles. The first-order valence-corrected chi connectivity index (χ1v) is 9.82. The monoisotopic (exact) mass is 382 g/mol. The van der Waals surface area contributed by atoms with E-state index >= 15 is 0 Å². The van der Waals surface area contributed by atoms with Crippen molar-refractivity contribution in [1.82, 2.24) is 10.2 Å². The number of carbonyl (C=O) groups is 2. The molecular weight excluding hydrogens is 352 g/mol. The first-order chi connectivity index (χ1) is 13.5. The van der Waals surface area contributed by atoms with E-state index in [4.69, 9.17) is 4.74 Å². The predicted octanol–water partition coefficient (Wildman–Crippen LogP) is 3.71. The third-order valence-electron chi connectivity index (χ3n) is 4.67. The lowest BCUT2D eigenvalue weighted by Crippen LogP contribution is -2.47. The van der Waals surface area contributed by atoms with E-state index in [1.54, 1.807) is 11.8 Å². The number of carbonyl (C=O) groups excluding carboxylic acids is 2. The predicted molar refractivity (Wildman–Crippen MR) is 111 cm³/mol. The Kier molecular flexibility index (Phi) is 8.53.